The highest BCUT2D eigenvalue weighted by Gasteiger charge is 2.44. The maximum Gasteiger partial charge on any atom is 0.407 e. The van der Waals surface area contributed by atoms with Crippen molar-refractivity contribution in [2.24, 2.45) is 11.1 Å². The molecule has 1 aromatic heterocycles. The van der Waals surface area contributed by atoms with E-state index in [4.69, 9.17) is 15.2 Å². The summed E-state index contributed by atoms with van der Waals surface area (Å²) in [6.07, 6.45) is -0.168. The number of benzene rings is 2. The van der Waals surface area contributed by atoms with E-state index in [1.807, 2.05) is 58.9 Å². The number of aryl methyl sites for hydroxylation is 2. The Morgan fingerprint density at radius 3 is 2.32 bits per heavy atom. The van der Waals surface area contributed by atoms with Crippen LogP contribution in [0.5, 0.6) is 5.75 Å². The minimum absolute atomic E-state index is 0.0193. The predicted molar refractivity (Wildman–Crippen MR) is 227 cm³/mol. The van der Waals surface area contributed by atoms with Gasteiger partial charge in [-0.05, 0) is 88.5 Å². The Bertz CT molecular complexity index is 1960. The van der Waals surface area contributed by atoms with Gasteiger partial charge in [-0.15, -0.1) is 11.3 Å². The molecule has 1 saturated heterocycles. The van der Waals surface area contributed by atoms with Crippen LogP contribution in [0.4, 0.5) is 9.18 Å². The topological polar surface area (TPSA) is 202 Å². The van der Waals surface area contributed by atoms with Gasteiger partial charge in [-0.1, -0.05) is 57.2 Å². The Hall–Kier alpha value is -5.09. The number of aliphatic hydroxyl groups excluding tert-OH is 1. The summed E-state index contributed by atoms with van der Waals surface area (Å²) in [4.78, 5) is 71.5. The molecular weight excluding hydrogens is 792 g/mol. The molecule has 1 aliphatic heterocycles. The number of unbranched alkanes of at least 4 members (excludes halogenated alkanes) is 1. The Kier molecular flexibility index (Phi) is 16.6. The van der Waals surface area contributed by atoms with Gasteiger partial charge in [-0.2, -0.15) is 0 Å². The molecule has 0 aliphatic carbocycles. The SMILES string of the molecule is Cc1ncsc1-c1ccc([C@H](C)NC(=O)[C@@H]2C[C@@H](O)CN2C(=O)C(NC(=O)CCCCc2cccc(OC[C@H](CCC(N)=O)NC(=O)OC(C)(C)C)c2F)C(C)(C)C)cc1. The van der Waals surface area contributed by atoms with Gasteiger partial charge < -0.3 is 41.2 Å². The predicted octanol–water partition coefficient (Wildman–Crippen LogP) is 5.88. The third-order valence-corrected chi connectivity index (χ3v) is 11.1. The van der Waals surface area contributed by atoms with Gasteiger partial charge in [0.1, 0.15) is 24.3 Å². The van der Waals surface area contributed by atoms with Crippen molar-refractivity contribution in [2.75, 3.05) is 13.2 Å². The highest BCUT2D eigenvalue weighted by Crippen LogP contribution is 2.30. The molecule has 16 heteroatoms. The summed E-state index contributed by atoms with van der Waals surface area (Å²) in [6.45, 7) is 14.3. The average molecular weight is 853 g/mol. The number of carbonyl (C=O) groups is 5. The number of nitrogens with zero attached hydrogens (tertiary/aromatic N) is 2. The molecular formula is C44H61FN6O8S. The molecule has 4 rings (SSSR count). The Labute approximate surface area is 356 Å². The number of β-amino-alcohol motifs (C(OH)–C–C–N with tert-alkyl or cyclic N) is 1. The highest BCUT2D eigenvalue weighted by atomic mass is 32.1. The summed E-state index contributed by atoms with van der Waals surface area (Å²) in [7, 11) is 0. The van der Waals surface area contributed by atoms with Crippen molar-refractivity contribution in [3.63, 3.8) is 0 Å². The molecule has 328 valence electrons. The third-order valence-electron chi connectivity index (χ3n) is 10.1. The summed E-state index contributed by atoms with van der Waals surface area (Å²) in [6, 6.07) is 9.65. The Balaban J connectivity index is 1.31. The van der Waals surface area contributed by atoms with E-state index in [9.17, 15) is 29.1 Å². The zero-order valence-electron chi connectivity index (χ0n) is 35.9. The van der Waals surface area contributed by atoms with Crippen LogP contribution in [0.15, 0.2) is 48.0 Å². The molecule has 6 N–H and O–H groups in total. The van der Waals surface area contributed by atoms with Gasteiger partial charge in [0, 0.05) is 25.8 Å². The monoisotopic (exact) mass is 852 g/mol. The molecule has 0 spiro atoms. The van der Waals surface area contributed by atoms with E-state index in [0.717, 1.165) is 21.7 Å². The van der Waals surface area contributed by atoms with Gasteiger partial charge in [0.2, 0.25) is 23.6 Å². The van der Waals surface area contributed by atoms with Crippen LogP contribution in [0, 0.1) is 18.2 Å². The number of aromatic nitrogens is 1. The molecule has 60 heavy (non-hydrogen) atoms. The van der Waals surface area contributed by atoms with Gasteiger partial charge in [0.15, 0.2) is 11.6 Å². The number of rotatable bonds is 18. The first-order valence-electron chi connectivity index (χ1n) is 20.4. The number of ether oxygens (including phenoxy) is 2. The van der Waals surface area contributed by atoms with Crippen LogP contribution in [0.1, 0.15) is 110 Å². The highest BCUT2D eigenvalue weighted by molar-refractivity contribution is 7.13. The van der Waals surface area contributed by atoms with Crippen LogP contribution in [-0.2, 0) is 30.3 Å². The molecule has 5 amide bonds. The molecule has 1 aliphatic rings. The number of primary amides is 1. The van der Waals surface area contributed by atoms with E-state index < -0.39 is 64.9 Å². The normalized spacial score (nSPS) is 17.0. The zero-order chi connectivity index (χ0) is 44.4. The number of nitrogens with two attached hydrogens (primary N) is 1. The summed E-state index contributed by atoms with van der Waals surface area (Å²) in [5, 5.41) is 19.2. The lowest BCUT2D eigenvalue weighted by Crippen LogP contribution is -2.57. The van der Waals surface area contributed by atoms with Gasteiger partial charge in [0.25, 0.3) is 0 Å². The number of nitrogens with one attached hydrogen (secondary N) is 3. The van der Waals surface area contributed by atoms with Crippen molar-refractivity contribution in [3.05, 3.63) is 70.6 Å². The van der Waals surface area contributed by atoms with Crippen molar-refractivity contribution in [3.8, 4) is 16.2 Å². The van der Waals surface area contributed by atoms with E-state index in [-0.39, 0.29) is 56.5 Å². The number of aliphatic hydroxyl groups is 1. The summed E-state index contributed by atoms with van der Waals surface area (Å²) < 4.78 is 26.5. The lowest BCUT2D eigenvalue weighted by molar-refractivity contribution is -0.144. The van der Waals surface area contributed by atoms with Crippen molar-refractivity contribution in [1.29, 1.82) is 0 Å². The lowest BCUT2D eigenvalue weighted by Gasteiger charge is -2.35. The number of hydrogen-bond acceptors (Lipinski definition) is 10. The summed E-state index contributed by atoms with van der Waals surface area (Å²) >= 11 is 1.56. The first-order chi connectivity index (χ1) is 28.1. The fourth-order valence-electron chi connectivity index (χ4n) is 6.89. The van der Waals surface area contributed by atoms with Gasteiger partial charge in [-0.3, -0.25) is 19.2 Å². The number of halogens is 1. The molecule has 14 nitrogen and oxygen atoms in total. The number of thiazole rings is 1. The smallest absolute Gasteiger partial charge is 0.407 e. The van der Waals surface area contributed by atoms with E-state index >= 15 is 4.39 Å². The van der Waals surface area contributed by atoms with Crippen molar-refractivity contribution >= 4 is 41.1 Å². The minimum Gasteiger partial charge on any atom is -0.488 e. The molecule has 0 saturated carbocycles. The molecule has 0 bridgehead atoms. The van der Waals surface area contributed by atoms with Crippen LogP contribution in [0.25, 0.3) is 10.4 Å². The molecule has 1 unspecified atom stereocenters. The van der Waals surface area contributed by atoms with Gasteiger partial charge >= 0.3 is 6.09 Å². The van der Waals surface area contributed by atoms with E-state index in [2.05, 4.69) is 20.9 Å². The van der Waals surface area contributed by atoms with Gasteiger partial charge in [0.05, 0.1) is 34.3 Å². The number of alkyl carbamates (subject to hydrolysis) is 1. The number of amides is 5. The van der Waals surface area contributed by atoms with Crippen molar-refractivity contribution < 1.29 is 42.9 Å². The maximum atomic E-state index is 15.5. The second-order valence-electron chi connectivity index (χ2n) is 17.5. The fourth-order valence-corrected chi connectivity index (χ4v) is 7.70. The molecule has 5 atom stereocenters. The minimum atomic E-state index is -0.978. The first-order valence-corrected chi connectivity index (χ1v) is 21.3. The van der Waals surface area contributed by atoms with Crippen molar-refractivity contribution in [1.82, 2.24) is 25.8 Å². The Morgan fingerprint density at radius 2 is 1.70 bits per heavy atom. The van der Waals surface area contributed by atoms with Crippen LogP contribution in [0.3, 0.4) is 0 Å². The standard InChI is InChI=1S/C44H61FN6O8S/c1-26(28-16-18-30(19-17-28)38-27(2)47-25-60-38)48-40(55)33-22-32(52)23-51(33)41(56)39(43(3,4)5)50-36(54)15-10-9-12-29-13-11-14-34(37(29)45)58-24-31(20-21-35(46)53)49-42(57)59-44(6,7)8/h11,13-14,16-19,25-26,31-33,39,52H,9-10,12,15,20-24H2,1-8H3,(H2,46,53)(H,48,55)(H,49,57)(H,50,54)/t26-,31-,32+,33-,39?/m0/s1. The number of hydrogen-bond donors (Lipinski definition) is 5. The molecule has 0 radical (unpaired) electrons. The van der Waals surface area contributed by atoms with Crippen LogP contribution in [-0.4, -0.2) is 87.7 Å². The third kappa shape index (κ3) is 14.0. The number of carbonyl (C=O) groups excluding carboxylic acids is 5. The quantitative estimate of drug-likeness (QED) is 0.0970. The molecule has 2 heterocycles. The Morgan fingerprint density at radius 1 is 1.00 bits per heavy atom. The first kappa shape index (κ1) is 47.6. The lowest BCUT2D eigenvalue weighted by atomic mass is 9.85. The zero-order valence-corrected chi connectivity index (χ0v) is 36.7. The van der Waals surface area contributed by atoms with Crippen LogP contribution in [0.2, 0.25) is 0 Å². The molecule has 1 fully saturated rings. The van der Waals surface area contributed by atoms with E-state index in [1.165, 1.54) is 11.0 Å². The molecule has 2 aromatic carbocycles. The fraction of sp³-hybridized carbons (Fsp3) is 0.545. The van der Waals surface area contributed by atoms with E-state index in [1.54, 1.807) is 49.8 Å². The summed E-state index contributed by atoms with van der Waals surface area (Å²) in [5.74, 6) is -2.38. The second-order valence-corrected chi connectivity index (χ2v) is 18.3. The summed E-state index contributed by atoms with van der Waals surface area (Å²) in [5.41, 5.74) is 8.87. The van der Waals surface area contributed by atoms with Gasteiger partial charge in [-0.25, -0.2) is 14.2 Å². The largest absolute Gasteiger partial charge is 0.488 e. The average Bonchev–Trinajstić information content (AvgIpc) is 3.78. The van der Waals surface area contributed by atoms with Crippen LogP contribution >= 0.6 is 11.3 Å². The number of likely N-dealkylation sites (tertiary alicyclic amines) is 1. The maximum absolute atomic E-state index is 15.5. The molecule has 3 aromatic rings. The van der Waals surface area contributed by atoms with Crippen LogP contribution < -0.4 is 26.4 Å². The second kappa shape index (κ2) is 20.9. The van der Waals surface area contributed by atoms with Crippen molar-refractivity contribution in [2.45, 2.75) is 136 Å². The van der Waals surface area contributed by atoms with E-state index in [0.29, 0.717) is 24.8 Å².